The fourth-order valence-corrected chi connectivity index (χ4v) is 2.93. The molecule has 1 heterocycles. The van der Waals surface area contributed by atoms with Crippen molar-refractivity contribution in [2.24, 2.45) is 0 Å². The van der Waals surface area contributed by atoms with Crippen molar-refractivity contribution in [3.63, 3.8) is 0 Å². The number of carbonyl (C=O) groups excluding carboxylic acids is 1. The van der Waals surface area contributed by atoms with Crippen molar-refractivity contribution in [1.82, 2.24) is 15.2 Å². The lowest BCUT2D eigenvalue weighted by atomic mass is 10.1. The summed E-state index contributed by atoms with van der Waals surface area (Å²) in [4.78, 5) is 16.8. The SMILES string of the molecule is COc1cc(/C=C/C(=O)Nc2ccc(-c3n[nH]c(C4CC4)n3)cc2)cc(OC)c1. The molecule has 148 valence electrons. The highest BCUT2D eigenvalue weighted by Gasteiger charge is 2.27. The molecule has 29 heavy (non-hydrogen) atoms. The first-order valence-electron chi connectivity index (χ1n) is 9.39. The zero-order chi connectivity index (χ0) is 20.2. The summed E-state index contributed by atoms with van der Waals surface area (Å²) in [5, 5.41) is 10.1. The number of nitrogens with one attached hydrogen (secondary N) is 2. The van der Waals surface area contributed by atoms with Crippen LogP contribution < -0.4 is 14.8 Å². The van der Waals surface area contributed by atoms with Gasteiger partial charge in [0.2, 0.25) is 5.91 Å². The predicted octanol–water partition coefficient (Wildman–Crippen LogP) is 4.02. The molecule has 0 bridgehead atoms. The third-order valence-electron chi connectivity index (χ3n) is 4.68. The Balaban J connectivity index is 1.39. The van der Waals surface area contributed by atoms with E-state index in [0.29, 0.717) is 28.9 Å². The van der Waals surface area contributed by atoms with Crippen LogP contribution in [0.3, 0.4) is 0 Å². The number of rotatable bonds is 7. The molecule has 1 aromatic heterocycles. The fourth-order valence-electron chi connectivity index (χ4n) is 2.93. The number of hydrogen-bond donors (Lipinski definition) is 2. The fraction of sp³-hybridized carbons (Fsp3) is 0.227. The van der Waals surface area contributed by atoms with E-state index in [2.05, 4.69) is 20.5 Å². The van der Waals surface area contributed by atoms with Gasteiger partial charge in [0.15, 0.2) is 5.82 Å². The van der Waals surface area contributed by atoms with Crippen molar-refractivity contribution < 1.29 is 14.3 Å². The van der Waals surface area contributed by atoms with Gasteiger partial charge in [-0.3, -0.25) is 9.89 Å². The van der Waals surface area contributed by atoms with Crippen LogP contribution >= 0.6 is 0 Å². The molecule has 1 aliphatic carbocycles. The van der Waals surface area contributed by atoms with E-state index in [9.17, 15) is 4.79 Å². The van der Waals surface area contributed by atoms with Gasteiger partial charge in [-0.15, -0.1) is 0 Å². The van der Waals surface area contributed by atoms with Crippen LogP contribution in [-0.2, 0) is 4.79 Å². The average Bonchev–Trinajstić information content (AvgIpc) is 3.49. The Bertz CT molecular complexity index is 1010. The van der Waals surface area contributed by atoms with Crippen LogP contribution in [0.2, 0.25) is 0 Å². The van der Waals surface area contributed by atoms with Crippen LogP contribution in [0.15, 0.2) is 48.5 Å². The summed E-state index contributed by atoms with van der Waals surface area (Å²) >= 11 is 0. The number of nitrogens with zero attached hydrogens (tertiary/aromatic N) is 2. The maximum absolute atomic E-state index is 12.2. The van der Waals surface area contributed by atoms with E-state index in [1.165, 1.54) is 18.9 Å². The van der Waals surface area contributed by atoms with Gasteiger partial charge in [0.05, 0.1) is 14.2 Å². The van der Waals surface area contributed by atoms with E-state index in [-0.39, 0.29) is 5.91 Å². The second-order valence-electron chi connectivity index (χ2n) is 6.86. The van der Waals surface area contributed by atoms with Crippen LogP contribution in [0.5, 0.6) is 11.5 Å². The van der Waals surface area contributed by atoms with Gasteiger partial charge in [0.1, 0.15) is 17.3 Å². The molecule has 1 fully saturated rings. The minimum atomic E-state index is -0.228. The van der Waals surface area contributed by atoms with Crippen molar-refractivity contribution >= 4 is 17.7 Å². The van der Waals surface area contributed by atoms with Crippen LogP contribution in [0.4, 0.5) is 5.69 Å². The number of ether oxygens (including phenoxy) is 2. The number of methoxy groups -OCH3 is 2. The quantitative estimate of drug-likeness (QED) is 0.595. The van der Waals surface area contributed by atoms with Crippen molar-refractivity contribution in [3.05, 3.63) is 59.9 Å². The highest BCUT2D eigenvalue weighted by atomic mass is 16.5. The monoisotopic (exact) mass is 390 g/mol. The van der Waals surface area contributed by atoms with E-state index >= 15 is 0 Å². The Kier molecular flexibility index (Phi) is 5.29. The van der Waals surface area contributed by atoms with Crippen LogP contribution in [0.1, 0.15) is 30.1 Å². The molecular formula is C22H22N4O3. The van der Waals surface area contributed by atoms with Crippen molar-refractivity contribution in [2.75, 3.05) is 19.5 Å². The number of anilines is 1. The second kappa shape index (κ2) is 8.18. The summed E-state index contributed by atoms with van der Waals surface area (Å²) in [6.07, 6.45) is 5.53. The summed E-state index contributed by atoms with van der Waals surface area (Å²) in [5.41, 5.74) is 2.41. The van der Waals surface area contributed by atoms with Gasteiger partial charge in [-0.1, -0.05) is 0 Å². The minimum absolute atomic E-state index is 0.228. The zero-order valence-electron chi connectivity index (χ0n) is 16.3. The van der Waals surface area contributed by atoms with Crippen LogP contribution in [0, 0.1) is 0 Å². The van der Waals surface area contributed by atoms with Gasteiger partial charge in [-0.25, -0.2) is 4.98 Å². The normalized spacial score (nSPS) is 13.4. The number of aromatic nitrogens is 3. The predicted molar refractivity (Wildman–Crippen MR) is 111 cm³/mol. The van der Waals surface area contributed by atoms with Crippen LogP contribution in [0.25, 0.3) is 17.5 Å². The highest BCUT2D eigenvalue weighted by Crippen LogP contribution is 2.38. The maximum Gasteiger partial charge on any atom is 0.248 e. The smallest absolute Gasteiger partial charge is 0.248 e. The number of amides is 1. The largest absolute Gasteiger partial charge is 0.497 e. The molecule has 7 nitrogen and oxygen atoms in total. The standard InChI is InChI=1S/C22H22N4O3/c1-28-18-11-14(12-19(13-18)29-2)3-10-20(27)23-17-8-6-16(7-9-17)22-24-21(25-26-22)15-4-5-15/h3,6-13,15H,4-5H2,1-2H3,(H,23,27)(H,24,25,26)/b10-3+. The average molecular weight is 390 g/mol. The summed E-state index contributed by atoms with van der Waals surface area (Å²) in [7, 11) is 3.17. The van der Waals surface area contributed by atoms with Crippen LogP contribution in [-0.4, -0.2) is 35.3 Å². The Hall–Kier alpha value is -3.61. The van der Waals surface area contributed by atoms with Gasteiger partial charge in [-0.2, -0.15) is 5.10 Å². The lowest BCUT2D eigenvalue weighted by Gasteiger charge is -2.06. The number of H-pyrrole nitrogens is 1. The molecule has 2 aromatic carbocycles. The number of benzene rings is 2. The molecule has 4 rings (SSSR count). The minimum Gasteiger partial charge on any atom is -0.497 e. The lowest BCUT2D eigenvalue weighted by Crippen LogP contribution is -2.07. The second-order valence-corrected chi connectivity index (χ2v) is 6.86. The maximum atomic E-state index is 12.2. The van der Waals surface area contributed by atoms with Gasteiger partial charge < -0.3 is 14.8 Å². The highest BCUT2D eigenvalue weighted by molar-refractivity contribution is 6.02. The first kappa shape index (κ1) is 18.7. The van der Waals surface area contributed by atoms with E-state index in [1.54, 1.807) is 26.4 Å². The van der Waals surface area contributed by atoms with Crippen molar-refractivity contribution in [3.8, 4) is 22.9 Å². The molecule has 7 heteroatoms. The van der Waals surface area contributed by atoms with E-state index in [1.807, 2.05) is 36.4 Å². The van der Waals surface area contributed by atoms with E-state index in [0.717, 1.165) is 17.0 Å². The molecule has 1 amide bonds. The molecule has 0 atom stereocenters. The third-order valence-corrected chi connectivity index (χ3v) is 4.68. The van der Waals surface area contributed by atoms with Gasteiger partial charge in [0.25, 0.3) is 0 Å². The molecule has 1 aliphatic rings. The summed E-state index contributed by atoms with van der Waals surface area (Å²) < 4.78 is 10.5. The van der Waals surface area contributed by atoms with Gasteiger partial charge in [-0.05, 0) is 60.9 Å². The van der Waals surface area contributed by atoms with Gasteiger partial charge >= 0.3 is 0 Å². The molecule has 0 saturated heterocycles. The molecule has 3 aromatic rings. The Labute approximate surface area is 168 Å². The Morgan fingerprint density at radius 2 is 1.79 bits per heavy atom. The van der Waals surface area contributed by atoms with E-state index in [4.69, 9.17) is 9.47 Å². The summed E-state index contributed by atoms with van der Waals surface area (Å²) in [5.74, 6) is 3.27. The van der Waals surface area contributed by atoms with Gasteiger partial charge in [0, 0.05) is 29.3 Å². The number of carbonyl (C=O) groups is 1. The Morgan fingerprint density at radius 1 is 1.10 bits per heavy atom. The van der Waals surface area contributed by atoms with Crippen molar-refractivity contribution in [2.45, 2.75) is 18.8 Å². The number of hydrogen-bond acceptors (Lipinski definition) is 5. The zero-order valence-corrected chi connectivity index (χ0v) is 16.3. The first-order valence-corrected chi connectivity index (χ1v) is 9.39. The molecule has 0 spiro atoms. The Morgan fingerprint density at radius 3 is 2.41 bits per heavy atom. The topological polar surface area (TPSA) is 89.1 Å². The van der Waals surface area contributed by atoms with E-state index < -0.39 is 0 Å². The first-order chi connectivity index (χ1) is 14.1. The molecule has 0 radical (unpaired) electrons. The summed E-state index contributed by atoms with van der Waals surface area (Å²) in [6.45, 7) is 0. The number of aromatic amines is 1. The molecular weight excluding hydrogens is 368 g/mol. The third kappa shape index (κ3) is 4.63. The molecule has 0 aliphatic heterocycles. The molecule has 1 saturated carbocycles. The molecule has 2 N–H and O–H groups in total. The molecule has 0 unspecified atom stereocenters. The lowest BCUT2D eigenvalue weighted by molar-refractivity contribution is -0.111. The van der Waals surface area contributed by atoms with Crippen molar-refractivity contribution in [1.29, 1.82) is 0 Å². The summed E-state index contributed by atoms with van der Waals surface area (Å²) in [6, 6.07) is 12.9.